The van der Waals surface area contributed by atoms with Gasteiger partial charge in [0.05, 0.1) is 10.5 Å². The Morgan fingerprint density at radius 1 is 1.24 bits per heavy atom. The Bertz CT molecular complexity index is 895. The number of hydrogen-bond acceptors (Lipinski definition) is 6. The largest absolute Gasteiger partial charge is 0.618 e. The molecule has 0 radical (unpaired) electrons. The lowest BCUT2D eigenvalue weighted by Crippen LogP contribution is -2.41. The number of alkyl halides is 3. The summed E-state index contributed by atoms with van der Waals surface area (Å²) in [7, 11) is 0. The molecule has 1 aromatic heterocycles. The zero-order chi connectivity index (χ0) is 19.1. The molecule has 25 heavy (non-hydrogen) atoms. The molecule has 11 heteroatoms. The van der Waals surface area contributed by atoms with Crippen molar-refractivity contribution in [3.8, 4) is 11.5 Å². The highest BCUT2D eigenvalue weighted by molar-refractivity contribution is 6.10. The fourth-order valence-corrected chi connectivity index (χ4v) is 2.12. The van der Waals surface area contributed by atoms with Crippen molar-refractivity contribution in [1.82, 2.24) is 0 Å². The second-order valence-corrected chi connectivity index (χ2v) is 4.96. The average molecular weight is 358 g/mol. The van der Waals surface area contributed by atoms with Crippen LogP contribution in [0, 0.1) is 22.2 Å². The third kappa shape index (κ3) is 3.16. The number of rotatable bonds is 3. The summed E-state index contributed by atoms with van der Waals surface area (Å²) < 4.78 is 37.6. The molecule has 0 saturated carbocycles. The van der Waals surface area contributed by atoms with E-state index in [-0.39, 0.29) is 0 Å². The number of nitro benzene ring substituents is 1. The highest BCUT2D eigenvalue weighted by Crippen LogP contribution is 2.37. The van der Waals surface area contributed by atoms with E-state index in [4.69, 9.17) is 0 Å². The summed E-state index contributed by atoms with van der Waals surface area (Å²) in [6.07, 6.45) is -4.93. The van der Waals surface area contributed by atoms with Crippen LogP contribution in [0.1, 0.15) is 27.3 Å². The summed E-state index contributed by atoms with van der Waals surface area (Å²) in [5, 5.41) is 41.4. The summed E-state index contributed by atoms with van der Waals surface area (Å²) in [4.78, 5) is 22.1. The van der Waals surface area contributed by atoms with Gasteiger partial charge in [-0.05, 0) is 12.1 Å². The molecule has 0 fully saturated rings. The molecule has 0 atom stereocenters. The van der Waals surface area contributed by atoms with Crippen molar-refractivity contribution < 1.29 is 37.8 Å². The fraction of sp³-hybridized carbons (Fsp3) is 0.143. The van der Waals surface area contributed by atoms with Crippen LogP contribution in [-0.4, -0.2) is 20.9 Å². The van der Waals surface area contributed by atoms with Crippen molar-refractivity contribution in [2.45, 2.75) is 13.1 Å². The van der Waals surface area contributed by atoms with Gasteiger partial charge < -0.3 is 15.4 Å². The predicted octanol–water partition coefficient (Wildman–Crippen LogP) is 2.20. The zero-order valence-corrected chi connectivity index (χ0v) is 12.4. The van der Waals surface area contributed by atoms with E-state index >= 15 is 0 Å². The number of carbonyl (C=O) groups is 1. The minimum atomic E-state index is -4.93. The number of ketones is 1. The van der Waals surface area contributed by atoms with Crippen LogP contribution in [0.15, 0.2) is 24.3 Å². The highest BCUT2D eigenvalue weighted by Gasteiger charge is 2.41. The Labute approximate surface area is 137 Å². The first-order valence-corrected chi connectivity index (χ1v) is 6.50. The van der Waals surface area contributed by atoms with Gasteiger partial charge in [-0.25, -0.2) is 0 Å². The topological polar surface area (TPSA) is 128 Å². The van der Waals surface area contributed by atoms with Crippen LogP contribution in [0.3, 0.4) is 0 Å². The molecule has 0 amide bonds. The SMILES string of the molecule is Cc1c(C(=O)c2cc(O)c(O)c([N+](=O)[O-])c2)ccc(C(F)(F)F)[n+]1[O-]. The van der Waals surface area contributed by atoms with Crippen molar-refractivity contribution >= 4 is 11.5 Å². The van der Waals surface area contributed by atoms with E-state index in [1.165, 1.54) is 0 Å². The number of carbonyl (C=O) groups excluding carboxylic acids is 1. The summed E-state index contributed by atoms with van der Waals surface area (Å²) in [5.74, 6) is -3.06. The lowest BCUT2D eigenvalue weighted by atomic mass is 10.0. The first-order chi connectivity index (χ1) is 11.4. The van der Waals surface area contributed by atoms with Gasteiger partial charge in [0.2, 0.25) is 11.4 Å². The number of hydrogen-bond donors (Lipinski definition) is 2. The van der Waals surface area contributed by atoms with Crippen LogP contribution in [-0.2, 0) is 6.18 Å². The second kappa shape index (κ2) is 5.92. The maximum atomic E-state index is 12.7. The normalized spacial score (nSPS) is 11.4. The second-order valence-electron chi connectivity index (χ2n) is 4.96. The summed E-state index contributed by atoms with van der Waals surface area (Å²) in [6, 6.07) is 2.51. The predicted molar refractivity (Wildman–Crippen MR) is 75.0 cm³/mol. The van der Waals surface area contributed by atoms with Gasteiger partial charge >= 0.3 is 11.9 Å². The first kappa shape index (κ1) is 18.0. The van der Waals surface area contributed by atoms with Crippen LogP contribution in [0.5, 0.6) is 11.5 Å². The Balaban J connectivity index is 2.60. The van der Waals surface area contributed by atoms with Gasteiger partial charge in [0.25, 0.3) is 5.69 Å². The molecule has 0 saturated heterocycles. The van der Waals surface area contributed by atoms with E-state index in [1.807, 2.05) is 0 Å². The standard InChI is InChI=1S/C14H9F3N2O6/c1-6-8(2-3-11(18(6)23)14(15,16)17)12(21)7-4-9(19(24)25)13(22)10(20)5-7/h2-5,20,22H,1H3. The van der Waals surface area contributed by atoms with E-state index in [1.54, 1.807) is 0 Å². The van der Waals surface area contributed by atoms with Gasteiger partial charge in [-0.3, -0.25) is 14.9 Å². The van der Waals surface area contributed by atoms with E-state index in [0.717, 1.165) is 13.0 Å². The number of phenolic OH excluding ortho intramolecular Hbond substituents is 2. The van der Waals surface area contributed by atoms with Crippen LogP contribution in [0.4, 0.5) is 18.9 Å². The molecule has 1 aromatic carbocycles. The minimum Gasteiger partial charge on any atom is -0.618 e. The number of halogens is 3. The lowest BCUT2D eigenvalue weighted by Gasteiger charge is -2.12. The van der Waals surface area contributed by atoms with Crippen molar-refractivity contribution in [2.24, 2.45) is 0 Å². The summed E-state index contributed by atoms with van der Waals surface area (Å²) in [5.41, 5.74) is -3.99. The Kier molecular flexibility index (Phi) is 4.26. The first-order valence-electron chi connectivity index (χ1n) is 6.50. The molecule has 0 aliphatic carbocycles. The maximum Gasteiger partial charge on any atom is 0.478 e. The summed E-state index contributed by atoms with van der Waals surface area (Å²) >= 11 is 0. The Morgan fingerprint density at radius 2 is 1.84 bits per heavy atom. The number of phenols is 2. The molecular weight excluding hydrogens is 349 g/mol. The number of pyridine rings is 1. The third-order valence-corrected chi connectivity index (χ3v) is 3.38. The van der Waals surface area contributed by atoms with Crippen molar-refractivity contribution in [3.63, 3.8) is 0 Å². The maximum absolute atomic E-state index is 12.7. The minimum absolute atomic E-state index is 0.405. The van der Waals surface area contributed by atoms with Crippen LogP contribution in [0.2, 0.25) is 0 Å². The van der Waals surface area contributed by atoms with E-state index in [0.29, 0.717) is 18.2 Å². The fourth-order valence-electron chi connectivity index (χ4n) is 2.12. The van der Waals surface area contributed by atoms with Crippen LogP contribution >= 0.6 is 0 Å². The van der Waals surface area contributed by atoms with Gasteiger partial charge in [-0.15, -0.1) is 0 Å². The molecule has 2 aromatic rings. The molecule has 8 nitrogen and oxygen atoms in total. The molecule has 0 spiro atoms. The van der Waals surface area contributed by atoms with Crippen LogP contribution < -0.4 is 4.73 Å². The number of aromatic hydroxyl groups is 2. The number of nitro groups is 1. The van der Waals surface area contributed by atoms with E-state index in [2.05, 4.69) is 0 Å². The molecule has 0 aliphatic rings. The van der Waals surface area contributed by atoms with Gasteiger partial charge in [-0.2, -0.15) is 17.9 Å². The van der Waals surface area contributed by atoms with Gasteiger partial charge in [0, 0.05) is 24.6 Å². The molecule has 0 unspecified atom stereocenters. The number of benzene rings is 1. The lowest BCUT2D eigenvalue weighted by molar-refractivity contribution is -0.635. The van der Waals surface area contributed by atoms with E-state index < -0.39 is 61.3 Å². The van der Waals surface area contributed by atoms with Gasteiger partial charge in [-0.1, -0.05) is 0 Å². The molecule has 2 rings (SSSR count). The van der Waals surface area contributed by atoms with Crippen molar-refractivity contribution in [1.29, 1.82) is 0 Å². The van der Waals surface area contributed by atoms with Crippen LogP contribution in [0.25, 0.3) is 0 Å². The quantitative estimate of drug-likeness (QED) is 0.216. The van der Waals surface area contributed by atoms with Crippen molar-refractivity contribution in [2.75, 3.05) is 0 Å². The molecule has 2 N–H and O–H groups in total. The molecule has 0 bridgehead atoms. The summed E-state index contributed by atoms with van der Waals surface area (Å²) in [6.45, 7) is 0.976. The van der Waals surface area contributed by atoms with Gasteiger partial charge in [0.1, 0.15) is 0 Å². The molecular formula is C14H9F3N2O6. The Hall–Kier alpha value is -3.37. The molecule has 132 valence electrons. The molecule has 0 aliphatic heterocycles. The average Bonchev–Trinajstić information content (AvgIpc) is 2.50. The van der Waals surface area contributed by atoms with Gasteiger partial charge in [0.15, 0.2) is 11.5 Å². The monoisotopic (exact) mass is 358 g/mol. The highest BCUT2D eigenvalue weighted by atomic mass is 19.4. The Morgan fingerprint density at radius 3 is 2.36 bits per heavy atom. The zero-order valence-electron chi connectivity index (χ0n) is 12.4. The smallest absolute Gasteiger partial charge is 0.478 e. The van der Waals surface area contributed by atoms with Crippen molar-refractivity contribution in [3.05, 3.63) is 62.1 Å². The number of nitrogens with zero attached hydrogens (tertiary/aromatic N) is 2. The third-order valence-electron chi connectivity index (χ3n) is 3.38. The molecule has 1 heterocycles. The number of aromatic nitrogens is 1. The van der Waals surface area contributed by atoms with E-state index in [9.17, 15) is 43.5 Å².